The SMILES string of the molecule is C[C@]12CCC(=O)N(C3CC3)C1=CC[C@@H]1[C@H]2CC[C@]2(C)C(C(=O)Nc3ccccc3)CC[C@@H]12. The molecule has 170 valence electrons. The van der Waals surface area contributed by atoms with Crippen molar-refractivity contribution in [1.29, 1.82) is 0 Å². The first kappa shape index (κ1) is 20.5. The Hall–Kier alpha value is -2.10. The fraction of sp³-hybridized carbons (Fsp3) is 0.643. The van der Waals surface area contributed by atoms with E-state index in [0.717, 1.165) is 37.8 Å². The van der Waals surface area contributed by atoms with Crippen molar-refractivity contribution < 1.29 is 9.59 Å². The van der Waals surface area contributed by atoms with E-state index >= 15 is 0 Å². The number of fused-ring (bicyclic) bond motifs is 5. The number of amides is 2. The maximum absolute atomic E-state index is 13.3. The summed E-state index contributed by atoms with van der Waals surface area (Å²) in [6.07, 6.45) is 12.1. The van der Waals surface area contributed by atoms with Gasteiger partial charge in [0.15, 0.2) is 0 Å². The third kappa shape index (κ3) is 2.94. The number of piperidine rings is 1. The Bertz CT molecular complexity index is 967. The van der Waals surface area contributed by atoms with E-state index in [-0.39, 0.29) is 22.7 Å². The van der Waals surface area contributed by atoms with Crippen LogP contribution >= 0.6 is 0 Å². The largest absolute Gasteiger partial charge is 0.326 e. The quantitative estimate of drug-likeness (QED) is 0.660. The van der Waals surface area contributed by atoms with Gasteiger partial charge in [0.25, 0.3) is 0 Å². The summed E-state index contributed by atoms with van der Waals surface area (Å²) in [5, 5.41) is 3.20. The van der Waals surface area contributed by atoms with Crippen molar-refractivity contribution in [2.45, 2.75) is 77.7 Å². The zero-order chi connectivity index (χ0) is 22.1. The van der Waals surface area contributed by atoms with Crippen LogP contribution in [-0.2, 0) is 9.59 Å². The van der Waals surface area contributed by atoms with Crippen LogP contribution in [0.1, 0.15) is 71.6 Å². The molecule has 6 rings (SSSR count). The predicted molar refractivity (Wildman–Crippen MR) is 126 cm³/mol. The normalized spacial score (nSPS) is 40.8. The molecule has 0 bridgehead atoms. The zero-order valence-electron chi connectivity index (χ0n) is 19.5. The highest BCUT2D eigenvalue weighted by Gasteiger charge is 2.61. The lowest BCUT2D eigenvalue weighted by Crippen LogP contribution is -2.55. The van der Waals surface area contributed by atoms with Gasteiger partial charge in [-0.05, 0) is 86.7 Å². The Labute approximate surface area is 191 Å². The molecule has 1 aromatic rings. The minimum absolute atomic E-state index is 0.0857. The van der Waals surface area contributed by atoms with E-state index in [1.54, 1.807) is 0 Å². The van der Waals surface area contributed by atoms with E-state index in [2.05, 4.69) is 30.1 Å². The van der Waals surface area contributed by atoms with Crippen LogP contribution in [0.2, 0.25) is 0 Å². The average molecular weight is 433 g/mol. The minimum Gasteiger partial charge on any atom is -0.326 e. The molecule has 2 amide bonds. The summed E-state index contributed by atoms with van der Waals surface area (Å²) in [6, 6.07) is 10.4. The van der Waals surface area contributed by atoms with Crippen LogP contribution in [0.4, 0.5) is 5.69 Å². The van der Waals surface area contributed by atoms with E-state index in [0.29, 0.717) is 36.1 Å². The van der Waals surface area contributed by atoms with Crippen LogP contribution in [0, 0.1) is 34.5 Å². The van der Waals surface area contributed by atoms with Crippen LogP contribution in [0.5, 0.6) is 0 Å². The molecule has 1 heterocycles. The third-order valence-corrected chi connectivity index (χ3v) is 10.1. The van der Waals surface area contributed by atoms with Gasteiger partial charge in [-0.25, -0.2) is 0 Å². The van der Waals surface area contributed by atoms with Crippen molar-refractivity contribution in [3.05, 3.63) is 42.1 Å². The number of rotatable bonds is 3. The summed E-state index contributed by atoms with van der Waals surface area (Å²) in [7, 11) is 0. The van der Waals surface area contributed by atoms with Gasteiger partial charge < -0.3 is 10.2 Å². The number of allylic oxidation sites excluding steroid dienone is 2. The molecule has 1 N–H and O–H groups in total. The third-order valence-electron chi connectivity index (χ3n) is 10.1. The highest BCUT2D eigenvalue weighted by atomic mass is 16.2. The molecule has 1 aromatic carbocycles. The summed E-state index contributed by atoms with van der Waals surface area (Å²) in [5.41, 5.74) is 2.48. The number of hydrogen-bond acceptors (Lipinski definition) is 2. The summed E-state index contributed by atoms with van der Waals surface area (Å²) in [4.78, 5) is 28.3. The zero-order valence-corrected chi connectivity index (χ0v) is 19.5. The standard InChI is InChI=1S/C28H36N2O2/c1-27-16-14-22-20(10-13-24-28(22,2)17-15-25(31)30(24)19-8-9-19)21(27)11-12-23(27)26(32)29-18-6-4-3-5-7-18/h3-7,13,19-23H,8-12,14-17H2,1-2H3,(H,29,32)/t20-,21-,22+,23?,27-,28+/m0/s1. The van der Waals surface area contributed by atoms with E-state index in [4.69, 9.17) is 0 Å². The Balaban J connectivity index is 1.26. The van der Waals surface area contributed by atoms with E-state index in [1.165, 1.54) is 25.0 Å². The molecule has 1 aliphatic heterocycles. The molecule has 4 fully saturated rings. The second-order valence-corrected chi connectivity index (χ2v) is 11.6. The topological polar surface area (TPSA) is 49.4 Å². The maximum Gasteiger partial charge on any atom is 0.228 e. The van der Waals surface area contributed by atoms with Gasteiger partial charge in [0.05, 0.1) is 0 Å². The van der Waals surface area contributed by atoms with Crippen molar-refractivity contribution in [2.75, 3.05) is 5.32 Å². The van der Waals surface area contributed by atoms with Crippen LogP contribution < -0.4 is 5.32 Å². The van der Waals surface area contributed by atoms with Gasteiger partial charge in [0.1, 0.15) is 0 Å². The Morgan fingerprint density at radius 2 is 1.78 bits per heavy atom. The summed E-state index contributed by atoms with van der Waals surface area (Å²) >= 11 is 0. The average Bonchev–Trinajstić information content (AvgIpc) is 3.55. The van der Waals surface area contributed by atoms with E-state index in [9.17, 15) is 9.59 Å². The minimum atomic E-state index is 0.0857. The highest BCUT2D eigenvalue weighted by Crippen LogP contribution is 2.66. The fourth-order valence-electron chi connectivity index (χ4n) is 8.30. The highest BCUT2D eigenvalue weighted by molar-refractivity contribution is 5.93. The van der Waals surface area contributed by atoms with Gasteiger partial charge in [0.2, 0.25) is 11.8 Å². The second kappa shape index (κ2) is 7.20. The lowest BCUT2D eigenvalue weighted by Gasteiger charge is -2.58. The summed E-state index contributed by atoms with van der Waals surface area (Å²) in [6.45, 7) is 4.85. The Morgan fingerprint density at radius 3 is 2.53 bits per heavy atom. The van der Waals surface area contributed by atoms with Crippen molar-refractivity contribution in [3.8, 4) is 0 Å². The van der Waals surface area contributed by atoms with Gasteiger partial charge in [-0.2, -0.15) is 0 Å². The van der Waals surface area contributed by atoms with Crippen molar-refractivity contribution >= 4 is 17.5 Å². The van der Waals surface area contributed by atoms with Crippen LogP contribution in [0.15, 0.2) is 42.1 Å². The molecule has 0 spiro atoms. The van der Waals surface area contributed by atoms with Gasteiger partial charge in [-0.3, -0.25) is 9.59 Å². The molecule has 6 atom stereocenters. The number of carbonyl (C=O) groups is 2. The van der Waals surface area contributed by atoms with Gasteiger partial charge in [0, 0.05) is 35.2 Å². The van der Waals surface area contributed by atoms with Gasteiger partial charge in [-0.1, -0.05) is 38.1 Å². The Morgan fingerprint density at radius 1 is 1.00 bits per heavy atom. The molecular weight excluding hydrogens is 396 g/mol. The number of benzene rings is 1. The molecule has 4 aliphatic carbocycles. The van der Waals surface area contributed by atoms with Crippen LogP contribution in [-0.4, -0.2) is 22.8 Å². The number of carbonyl (C=O) groups excluding carboxylic acids is 2. The number of anilines is 1. The van der Waals surface area contributed by atoms with Crippen molar-refractivity contribution in [2.24, 2.45) is 34.5 Å². The van der Waals surface area contributed by atoms with Gasteiger partial charge in [-0.15, -0.1) is 0 Å². The monoisotopic (exact) mass is 432 g/mol. The maximum atomic E-state index is 13.3. The smallest absolute Gasteiger partial charge is 0.228 e. The molecule has 3 saturated carbocycles. The molecule has 0 radical (unpaired) electrons. The summed E-state index contributed by atoms with van der Waals surface area (Å²) < 4.78 is 0. The van der Waals surface area contributed by atoms with Crippen LogP contribution in [0.3, 0.4) is 0 Å². The fourth-order valence-corrected chi connectivity index (χ4v) is 8.30. The number of nitrogens with zero attached hydrogens (tertiary/aromatic N) is 1. The molecule has 1 unspecified atom stereocenters. The molecule has 0 aromatic heterocycles. The first-order valence-electron chi connectivity index (χ1n) is 12.8. The molecule has 4 heteroatoms. The van der Waals surface area contributed by atoms with Crippen molar-refractivity contribution in [3.63, 3.8) is 0 Å². The first-order valence-corrected chi connectivity index (χ1v) is 12.8. The van der Waals surface area contributed by atoms with Crippen LogP contribution in [0.25, 0.3) is 0 Å². The predicted octanol–water partition coefficient (Wildman–Crippen LogP) is 5.76. The van der Waals surface area contributed by atoms with Crippen molar-refractivity contribution in [1.82, 2.24) is 4.90 Å². The lowest BCUT2D eigenvalue weighted by atomic mass is 9.49. The number of hydrogen-bond donors (Lipinski definition) is 1. The number of para-hydroxylation sites is 1. The molecular formula is C28H36N2O2. The molecule has 1 saturated heterocycles. The first-order chi connectivity index (χ1) is 15.4. The second-order valence-electron chi connectivity index (χ2n) is 11.6. The molecule has 4 nitrogen and oxygen atoms in total. The number of likely N-dealkylation sites (tertiary alicyclic amines) is 1. The van der Waals surface area contributed by atoms with Gasteiger partial charge >= 0.3 is 0 Å². The number of nitrogens with one attached hydrogen (secondary N) is 1. The summed E-state index contributed by atoms with van der Waals surface area (Å²) in [5.74, 6) is 2.56. The molecule has 32 heavy (non-hydrogen) atoms. The van der Waals surface area contributed by atoms with E-state index in [1.807, 2.05) is 30.3 Å². The van der Waals surface area contributed by atoms with E-state index < -0.39 is 0 Å². The Kier molecular flexibility index (Phi) is 4.61. The lowest BCUT2D eigenvalue weighted by molar-refractivity contribution is -0.139. The molecule has 5 aliphatic rings.